The van der Waals surface area contributed by atoms with Gasteiger partial charge in [-0.2, -0.15) is 4.31 Å². The summed E-state index contributed by atoms with van der Waals surface area (Å²) in [6, 6.07) is 11.3. The number of nitrogens with one attached hydrogen (secondary N) is 1. The number of nitrogens with zero attached hydrogens (tertiary/aromatic N) is 1. The summed E-state index contributed by atoms with van der Waals surface area (Å²) in [5.41, 5.74) is 2.02. The monoisotopic (exact) mass is 352 g/mol. The molecule has 1 aromatic carbocycles. The molecule has 0 aliphatic heterocycles. The number of thiophene rings is 1. The van der Waals surface area contributed by atoms with Crippen LogP contribution in [0.15, 0.2) is 41.8 Å². The van der Waals surface area contributed by atoms with Crippen LogP contribution in [-0.2, 0) is 16.6 Å². The molecule has 0 fully saturated rings. The van der Waals surface area contributed by atoms with Crippen molar-refractivity contribution in [3.63, 3.8) is 0 Å². The van der Waals surface area contributed by atoms with Gasteiger partial charge in [0.1, 0.15) is 0 Å². The molecule has 0 aliphatic rings. The molecule has 0 saturated carbocycles. The fourth-order valence-electron chi connectivity index (χ4n) is 2.17. The second-order valence-corrected chi connectivity index (χ2v) is 8.25. The van der Waals surface area contributed by atoms with Crippen molar-refractivity contribution < 1.29 is 13.2 Å². The van der Waals surface area contributed by atoms with E-state index in [2.05, 4.69) is 5.32 Å². The van der Waals surface area contributed by atoms with Gasteiger partial charge in [0.05, 0.1) is 11.1 Å². The summed E-state index contributed by atoms with van der Waals surface area (Å²) in [6.45, 7) is 2.78. The van der Waals surface area contributed by atoms with Crippen LogP contribution in [0.3, 0.4) is 0 Å². The highest BCUT2D eigenvalue weighted by Crippen LogP contribution is 2.11. The summed E-state index contributed by atoms with van der Waals surface area (Å²) in [5, 5.41) is 4.58. The summed E-state index contributed by atoms with van der Waals surface area (Å²) >= 11 is 1.36. The van der Waals surface area contributed by atoms with Gasteiger partial charge in [0, 0.05) is 19.6 Å². The molecule has 0 aliphatic carbocycles. The molecule has 2 rings (SSSR count). The van der Waals surface area contributed by atoms with Crippen LogP contribution in [0.25, 0.3) is 0 Å². The molecular weight excluding hydrogens is 332 g/mol. The Hall–Kier alpha value is -1.70. The SMILES string of the molecule is Cc1cccc(CN(CCNC(=O)c2cccs2)S(C)(=O)=O)c1. The molecule has 1 aromatic heterocycles. The maximum absolute atomic E-state index is 11.9. The molecule has 0 spiro atoms. The van der Waals surface area contributed by atoms with E-state index in [9.17, 15) is 13.2 Å². The molecule has 0 saturated heterocycles. The van der Waals surface area contributed by atoms with Crippen molar-refractivity contribution in [2.45, 2.75) is 13.5 Å². The number of hydrogen-bond acceptors (Lipinski definition) is 4. The van der Waals surface area contributed by atoms with Crippen molar-refractivity contribution in [1.29, 1.82) is 0 Å². The summed E-state index contributed by atoms with van der Waals surface area (Å²) < 4.78 is 25.3. The van der Waals surface area contributed by atoms with Crippen LogP contribution < -0.4 is 5.32 Å². The normalized spacial score (nSPS) is 11.6. The molecule has 1 heterocycles. The molecule has 2 aromatic rings. The number of hydrogen-bond donors (Lipinski definition) is 1. The zero-order valence-electron chi connectivity index (χ0n) is 13.2. The van der Waals surface area contributed by atoms with Crippen LogP contribution >= 0.6 is 11.3 Å². The predicted octanol–water partition coefficient (Wildman–Crippen LogP) is 2.25. The lowest BCUT2D eigenvalue weighted by Gasteiger charge is -2.20. The first-order valence-electron chi connectivity index (χ1n) is 7.18. The Balaban J connectivity index is 1.96. The van der Waals surface area contributed by atoms with Crippen molar-refractivity contribution in [3.8, 4) is 0 Å². The van der Waals surface area contributed by atoms with E-state index in [-0.39, 0.29) is 19.0 Å². The smallest absolute Gasteiger partial charge is 0.261 e. The lowest BCUT2D eigenvalue weighted by atomic mass is 10.1. The second kappa shape index (κ2) is 7.72. The molecule has 0 atom stereocenters. The van der Waals surface area contributed by atoms with E-state index >= 15 is 0 Å². The minimum absolute atomic E-state index is 0.177. The third-order valence-corrected chi connectivity index (χ3v) is 5.42. The second-order valence-electron chi connectivity index (χ2n) is 5.32. The molecule has 124 valence electrons. The molecule has 1 amide bonds. The molecule has 5 nitrogen and oxygen atoms in total. The number of aryl methyl sites for hydroxylation is 1. The molecule has 0 unspecified atom stereocenters. The Bertz CT molecular complexity index is 755. The molecular formula is C16H20N2O3S2. The van der Waals surface area contributed by atoms with Gasteiger partial charge in [-0.1, -0.05) is 35.9 Å². The van der Waals surface area contributed by atoms with Gasteiger partial charge in [-0.3, -0.25) is 4.79 Å². The third kappa shape index (κ3) is 5.46. The van der Waals surface area contributed by atoms with Crippen molar-refractivity contribution in [2.24, 2.45) is 0 Å². The van der Waals surface area contributed by atoms with Crippen molar-refractivity contribution in [3.05, 3.63) is 57.8 Å². The standard InChI is InChI=1S/C16H20N2O3S2/c1-13-5-3-6-14(11-13)12-18(23(2,20)21)9-8-17-16(19)15-7-4-10-22-15/h3-7,10-11H,8-9,12H2,1-2H3,(H,17,19). The Kier molecular flexibility index (Phi) is 5.92. The highest BCUT2D eigenvalue weighted by atomic mass is 32.2. The number of rotatable bonds is 7. The van der Waals surface area contributed by atoms with Crippen LogP contribution in [0.2, 0.25) is 0 Å². The van der Waals surface area contributed by atoms with Crippen molar-refractivity contribution in [2.75, 3.05) is 19.3 Å². The van der Waals surface area contributed by atoms with Crippen LogP contribution in [0.4, 0.5) is 0 Å². The van der Waals surface area contributed by atoms with Gasteiger partial charge in [-0.05, 0) is 23.9 Å². The van der Waals surface area contributed by atoms with Crippen molar-refractivity contribution in [1.82, 2.24) is 9.62 Å². The predicted molar refractivity (Wildman–Crippen MR) is 93.1 cm³/mol. The molecule has 0 radical (unpaired) electrons. The number of carbonyl (C=O) groups excluding carboxylic acids is 1. The molecule has 7 heteroatoms. The van der Waals surface area contributed by atoms with Crippen LogP contribution in [-0.4, -0.2) is 38.0 Å². The number of benzene rings is 1. The first kappa shape index (κ1) is 17.7. The summed E-state index contributed by atoms with van der Waals surface area (Å²) in [5.74, 6) is -0.177. The number of carbonyl (C=O) groups is 1. The van der Waals surface area contributed by atoms with Gasteiger partial charge in [-0.15, -0.1) is 11.3 Å². The maximum atomic E-state index is 11.9. The quantitative estimate of drug-likeness (QED) is 0.831. The highest BCUT2D eigenvalue weighted by Gasteiger charge is 2.17. The first-order valence-corrected chi connectivity index (χ1v) is 9.91. The van der Waals surface area contributed by atoms with E-state index in [1.54, 1.807) is 12.1 Å². The van der Waals surface area contributed by atoms with E-state index in [1.807, 2.05) is 36.6 Å². The number of amides is 1. The minimum Gasteiger partial charge on any atom is -0.350 e. The van der Waals surface area contributed by atoms with Gasteiger partial charge in [-0.25, -0.2) is 8.42 Å². The zero-order chi connectivity index (χ0) is 16.9. The van der Waals surface area contributed by atoms with E-state index < -0.39 is 10.0 Å². The largest absolute Gasteiger partial charge is 0.350 e. The van der Waals surface area contributed by atoms with Crippen LogP contribution in [0.5, 0.6) is 0 Å². The molecule has 1 N–H and O–H groups in total. The highest BCUT2D eigenvalue weighted by molar-refractivity contribution is 7.88. The average Bonchev–Trinajstić information content (AvgIpc) is 2.99. The van der Waals surface area contributed by atoms with E-state index in [4.69, 9.17) is 0 Å². The first-order chi connectivity index (χ1) is 10.9. The summed E-state index contributed by atoms with van der Waals surface area (Å²) in [6.07, 6.45) is 1.18. The summed E-state index contributed by atoms with van der Waals surface area (Å²) in [7, 11) is -3.34. The zero-order valence-corrected chi connectivity index (χ0v) is 14.8. The number of sulfonamides is 1. The van der Waals surface area contributed by atoms with Gasteiger partial charge in [0.2, 0.25) is 10.0 Å². The Morgan fingerprint density at radius 3 is 2.65 bits per heavy atom. The molecule has 0 bridgehead atoms. The Labute approximate surface area is 141 Å². The lowest BCUT2D eigenvalue weighted by molar-refractivity contribution is 0.0955. The summed E-state index contributed by atoms with van der Waals surface area (Å²) in [4.78, 5) is 12.5. The van der Waals surface area contributed by atoms with Gasteiger partial charge < -0.3 is 5.32 Å². The van der Waals surface area contributed by atoms with Gasteiger partial charge in [0.15, 0.2) is 0 Å². The van der Waals surface area contributed by atoms with Crippen LogP contribution in [0, 0.1) is 6.92 Å². The maximum Gasteiger partial charge on any atom is 0.261 e. The topological polar surface area (TPSA) is 66.5 Å². The van der Waals surface area contributed by atoms with Gasteiger partial charge in [0.25, 0.3) is 5.91 Å². The third-order valence-electron chi connectivity index (χ3n) is 3.30. The van der Waals surface area contributed by atoms with E-state index in [0.717, 1.165) is 11.1 Å². The van der Waals surface area contributed by atoms with Crippen molar-refractivity contribution >= 4 is 27.3 Å². The average molecular weight is 352 g/mol. The minimum atomic E-state index is -3.34. The van der Waals surface area contributed by atoms with Crippen LogP contribution in [0.1, 0.15) is 20.8 Å². The Morgan fingerprint density at radius 2 is 2.04 bits per heavy atom. The van der Waals surface area contributed by atoms with E-state index in [0.29, 0.717) is 11.4 Å². The fraction of sp³-hybridized carbons (Fsp3) is 0.312. The Morgan fingerprint density at radius 1 is 1.26 bits per heavy atom. The molecule has 23 heavy (non-hydrogen) atoms. The van der Waals surface area contributed by atoms with E-state index in [1.165, 1.54) is 21.9 Å². The lowest BCUT2D eigenvalue weighted by Crippen LogP contribution is -2.37. The van der Waals surface area contributed by atoms with Gasteiger partial charge >= 0.3 is 0 Å². The fourth-order valence-corrected chi connectivity index (χ4v) is 3.61.